The van der Waals surface area contributed by atoms with Gasteiger partial charge in [-0.05, 0) is 30.3 Å². The van der Waals surface area contributed by atoms with Crippen LogP contribution in [0.5, 0.6) is 0 Å². The molecule has 0 amide bonds. The summed E-state index contributed by atoms with van der Waals surface area (Å²) in [7, 11) is 0. The Labute approximate surface area is 129 Å². The molecule has 0 radical (unpaired) electrons. The average Bonchev–Trinajstić information content (AvgIpc) is 2.96. The fraction of sp³-hybridized carbons (Fsp3) is 0.0667. The molecule has 0 aliphatic rings. The number of nitrogens with zero attached hydrogens (tertiary/aromatic N) is 3. The van der Waals surface area contributed by atoms with Gasteiger partial charge in [0.25, 0.3) is 0 Å². The zero-order valence-electron chi connectivity index (χ0n) is 11.0. The second kappa shape index (κ2) is 5.46. The Morgan fingerprint density at radius 3 is 2.32 bits per heavy atom. The predicted octanol–water partition coefficient (Wildman–Crippen LogP) is 4.61. The maximum atomic E-state index is 13.2. The number of alkyl halides is 3. The molecule has 0 saturated carbocycles. The van der Waals surface area contributed by atoms with Gasteiger partial charge in [-0.3, -0.25) is 0 Å². The molecule has 0 saturated heterocycles. The summed E-state index contributed by atoms with van der Waals surface area (Å²) in [5.41, 5.74) is -0.199. The quantitative estimate of drug-likeness (QED) is 0.689. The molecule has 3 aromatic rings. The van der Waals surface area contributed by atoms with Gasteiger partial charge in [-0.2, -0.15) is 18.3 Å². The molecule has 0 aliphatic carbocycles. The average molecular weight is 324 g/mol. The summed E-state index contributed by atoms with van der Waals surface area (Å²) in [4.78, 5) is 3.98. The van der Waals surface area contributed by atoms with E-state index in [9.17, 15) is 13.2 Å². The highest BCUT2D eigenvalue weighted by Gasteiger charge is 2.34. The molecule has 3 nitrogen and oxygen atoms in total. The standard InChI is InChI=1S/C15H9ClF3N3/c16-10-5-7-11(8-6-10)22-14(20-9-21-22)12-3-1-2-4-13(12)15(17,18)19/h1-9H. The van der Waals surface area contributed by atoms with Crippen LogP contribution >= 0.6 is 11.6 Å². The van der Waals surface area contributed by atoms with E-state index in [1.54, 1.807) is 24.3 Å². The Kier molecular flexibility index (Phi) is 3.62. The van der Waals surface area contributed by atoms with Gasteiger partial charge in [-0.25, -0.2) is 9.67 Å². The third kappa shape index (κ3) is 2.69. The van der Waals surface area contributed by atoms with Gasteiger partial charge < -0.3 is 0 Å². The molecule has 0 spiro atoms. The molecule has 1 aromatic heterocycles. The van der Waals surface area contributed by atoms with Gasteiger partial charge >= 0.3 is 6.18 Å². The van der Waals surface area contributed by atoms with Crippen molar-refractivity contribution >= 4 is 11.6 Å². The molecule has 0 unspecified atom stereocenters. The highest BCUT2D eigenvalue weighted by Crippen LogP contribution is 2.36. The first-order valence-corrected chi connectivity index (χ1v) is 6.67. The number of benzene rings is 2. The van der Waals surface area contributed by atoms with Gasteiger partial charge in [0.2, 0.25) is 0 Å². The first-order valence-electron chi connectivity index (χ1n) is 6.29. The van der Waals surface area contributed by atoms with Gasteiger partial charge in [0.1, 0.15) is 6.33 Å². The predicted molar refractivity (Wildman–Crippen MR) is 76.8 cm³/mol. The molecule has 0 fully saturated rings. The lowest BCUT2D eigenvalue weighted by atomic mass is 10.1. The second-order valence-corrected chi connectivity index (χ2v) is 4.95. The number of rotatable bonds is 2. The smallest absolute Gasteiger partial charge is 0.215 e. The molecule has 0 atom stereocenters. The minimum atomic E-state index is -4.46. The van der Waals surface area contributed by atoms with E-state index >= 15 is 0 Å². The van der Waals surface area contributed by atoms with Crippen LogP contribution in [-0.4, -0.2) is 14.8 Å². The highest BCUT2D eigenvalue weighted by atomic mass is 35.5. The fourth-order valence-corrected chi connectivity index (χ4v) is 2.25. The third-order valence-corrected chi connectivity index (χ3v) is 3.34. The zero-order valence-corrected chi connectivity index (χ0v) is 11.8. The molecular weight excluding hydrogens is 315 g/mol. The molecule has 1 heterocycles. The maximum Gasteiger partial charge on any atom is 0.417 e. The van der Waals surface area contributed by atoms with Gasteiger partial charge in [0.15, 0.2) is 5.82 Å². The summed E-state index contributed by atoms with van der Waals surface area (Å²) in [6.45, 7) is 0. The minimum Gasteiger partial charge on any atom is -0.215 e. The van der Waals surface area contributed by atoms with Crippen LogP contribution in [0.2, 0.25) is 5.02 Å². The minimum absolute atomic E-state index is 0.0255. The van der Waals surface area contributed by atoms with Crippen molar-refractivity contribution in [2.45, 2.75) is 6.18 Å². The first-order chi connectivity index (χ1) is 10.5. The van der Waals surface area contributed by atoms with Gasteiger partial charge in [-0.1, -0.05) is 29.8 Å². The Hall–Kier alpha value is -2.34. The molecular formula is C15H9ClF3N3. The molecule has 112 valence electrons. The molecule has 0 bridgehead atoms. The second-order valence-electron chi connectivity index (χ2n) is 4.52. The summed E-state index contributed by atoms with van der Waals surface area (Å²) in [6.07, 6.45) is -3.25. The molecule has 22 heavy (non-hydrogen) atoms. The Morgan fingerprint density at radius 1 is 0.955 bits per heavy atom. The first kappa shape index (κ1) is 14.6. The van der Waals surface area contributed by atoms with Crippen molar-refractivity contribution in [1.82, 2.24) is 14.8 Å². The third-order valence-electron chi connectivity index (χ3n) is 3.09. The number of hydrogen-bond acceptors (Lipinski definition) is 2. The lowest BCUT2D eigenvalue weighted by Crippen LogP contribution is -2.09. The van der Waals surface area contributed by atoms with E-state index in [0.29, 0.717) is 10.7 Å². The molecule has 2 aromatic carbocycles. The fourth-order valence-electron chi connectivity index (χ4n) is 2.12. The monoisotopic (exact) mass is 323 g/mol. The lowest BCUT2D eigenvalue weighted by Gasteiger charge is -2.13. The van der Waals surface area contributed by atoms with Crippen LogP contribution in [0.15, 0.2) is 54.9 Å². The van der Waals surface area contributed by atoms with E-state index in [1.807, 2.05) is 0 Å². The van der Waals surface area contributed by atoms with Crippen LogP contribution in [-0.2, 0) is 6.18 Å². The zero-order chi connectivity index (χ0) is 15.7. The Morgan fingerprint density at radius 2 is 1.64 bits per heavy atom. The van der Waals surface area contributed by atoms with Crippen molar-refractivity contribution in [1.29, 1.82) is 0 Å². The highest BCUT2D eigenvalue weighted by molar-refractivity contribution is 6.30. The van der Waals surface area contributed by atoms with Crippen LogP contribution in [0.3, 0.4) is 0 Å². The van der Waals surface area contributed by atoms with Gasteiger partial charge in [-0.15, -0.1) is 0 Å². The summed E-state index contributed by atoms with van der Waals surface area (Å²) in [6, 6.07) is 11.9. The van der Waals surface area contributed by atoms with Crippen molar-refractivity contribution in [2.24, 2.45) is 0 Å². The van der Waals surface area contributed by atoms with Crippen molar-refractivity contribution in [3.05, 3.63) is 65.4 Å². The van der Waals surface area contributed by atoms with Gasteiger partial charge in [0.05, 0.1) is 11.3 Å². The molecule has 7 heteroatoms. The van der Waals surface area contributed by atoms with Crippen molar-refractivity contribution in [2.75, 3.05) is 0 Å². The summed E-state index contributed by atoms with van der Waals surface area (Å²) >= 11 is 5.82. The maximum absolute atomic E-state index is 13.2. The van der Waals surface area contributed by atoms with Gasteiger partial charge in [0, 0.05) is 10.6 Å². The van der Waals surface area contributed by atoms with E-state index in [2.05, 4.69) is 10.1 Å². The van der Waals surface area contributed by atoms with Crippen LogP contribution < -0.4 is 0 Å². The number of halogens is 4. The van der Waals surface area contributed by atoms with E-state index in [4.69, 9.17) is 11.6 Å². The number of aromatic nitrogens is 3. The van der Waals surface area contributed by atoms with Crippen LogP contribution in [0, 0.1) is 0 Å². The van der Waals surface area contributed by atoms with E-state index in [-0.39, 0.29) is 11.4 Å². The lowest BCUT2D eigenvalue weighted by molar-refractivity contribution is -0.137. The van der Waals surface area contributed by atoms with E-state index < -0.39 is 11.7 Å². The molecule has 3 rings (SSSR count). The van der Waals surface area contributed by atoms with Crippen LogP contribution in [0.4, 0.5) is 13.2 Å². The Balaban J connectivity index is 2.16. The van der Waals surface area contributed by atoms with Crippen molar-refractivity contribution in [3.63, 3.8) is 0 Å². The van der Waals surface area contributed by atoms with Crippen molar-refractivity contribution < 1.29 is 13.2 Å². The van der Waals surface area contributed by atoms with E-state index in [0.717, 1.165) is 6.07 Å². The van der Waals surface area contributed by atoms with Crippen LogP contribution in [0.25, 0.3) is 17.1 Å². The largest absolute Gasteiger partial charge is 0.417 e. The normalized spacial score (nSPS) is 11.6. The molecule has 0 N–H and O–H groups in total. The summed E-state index contributed by atoms with van der Waals surface area (Å²) in [5, 5.41) is 4.54. The van der Waals surface area contributed by atoms with E-state index in [1.165, 1.54) is 29.2 Å². The summed E-state index contributed by atoms with van der Waals surface area (Å²) in [5.74, 6) is 0.121. The SMILES string of the molecule is FC(F)(F)c1ccccc1-c1ncnn1-c1ccc(Cl)cc1. The molecule has 0 aliphatic heterocycles. The Bertz CT molecular complexity index is 794. The van der Waals surface area contributed by atoms with Crippen molar-refractivity contribution in [3.8, 4) is 17.1 Å². The summed E-state index contributed by atoms with van der Waals surface area (Å²) < 4.78 is 40.8. The topological polar surface area (TPSA) is 30.7 Å². The van der Waals surface area contributed by atoms with Crippen LogP contribution in [0.1, 0.15) is 5.56 Å². The number of hydrogen-bond donors (Lipinski definition) is 0.